The number of carbonyl (C=O) groups excluding carboxylic acids is 2. The molecule has 0 spiro atoms. The minimum absolute atomic E-state index is 0.0602. The number of hydrogen-bond acceptors (Lipinski definition) is 7. The summed E-state index contributed by atoms with van der Waals surface area (Å²) in [4.78, 5) is 24.2. The number of fused-ring (bicyclic) bond motifs is 3. The lowest BCUT2D eigenvalue weighted by Crippen LogP contribution is -2.49. The number of phenols is 1. The fourth-order valence-corrected chi connectivity index (χ4v) is 5.29. The summed E-state index contributed by atoms with van der Waals surface area (Å²) in [6, 6.07) is 2.27. The number of allylic oxidation sites excluding steroid dienone is 2. The van der Waals surface area contributed by atoms with Crippen LogP contribution in [0.3, 0.4) is 0 Å². The number of hydrogen-bond donors (Lipinski definition) is 6. The van der Waals surface area contributed by atoms with Gasteiger partial charge in [0.2, 0.25) is 0 Å². The summed E-state index contributed by atoms with van der Waals surface area (Å²) in [7, 11) is 0. The Morgan fingerprint density at radius 1 is 0.967 bits per heavy atom. The van der Waals surface area contributed by atoms with Crippen molar-refractivity contribution in [1.29, 1.82) is 0 Å². The van der Waals surface area contributed by atoms with E-state index in [-0.39, 0.29) is 34.1 Å². The first-order valence-corrected chi connectivity index (χ1v) is 9.97. The van der Waals surface area contributed by atoms with Crippen LogP contribution in [-0.2, 0) is 16.0 Å². The predicted octanol–water partition coefficient (Wildman–Crippen LogP) is 1.75. The Kier molecular flexibility index (Phi) is 3.82. The molecule has 0 aromatic heterocycles. The van der Waals surface area contributed by atoms with Crippen LogP contribution >= 0.6 is 0 Å². The Bertz CT molecular complexity index is 1120. The zero-order valence-electron chi connectivity index (χ0n) is 16.1. The third-order valence-electron chi connectivity index (χ3n) is 6.84. The zero-order chi connectivity index (χ0) is 21.5. The van der Waals surface area contributed by atoms with Crippen LogP contribution in [0.1, 0.15) is 41.9 Å². The van der Waals surface area contributed by atoms with Gasteiger partial charge in [0.15, 0.2) is 5.78 Å². The van der Waals surface area contributed by atoms with Gasteiger partial charge in [0.05, 0.1) is 11.6 Å². The number of carbonyl (C=O) groups is 2. The molecular formula is C22H22N2O6. The second kappa shape index (κ2) is 6.12. The molecule has 156 valence electrons. The maximum atomic E-state index is 12.5. The first-order valence-electron chi connectivity index (χ1n) is 9.97. The maximum Gasteiger partial charge on any atom is 0.256 e. The molecule has 1 saturated carbocycles. The van der Waals surface area contributed by atoms with E-state index in [9.17, 15) is 30.0 Å². The average molecular weight is 410 g/mol. The Morgan fingerprint density at radius 3 is 2.30 bits per heavy atom. The molecule has 8 N–H and O–H groups in total. The van der Waals surface area contributed by atoms with E-state index >= 15 is 0 Å². The van der Waals surface area contributed by atoms with Crippen LogP contribution in [-0.4, -0.2) is 38.2 Å². The van der Waals surface area contributed by atoms with Crippen LogP contribution in [0.4, 0.5) is 0 Å². The highest BCUT2D eigenvalue weighted by atomic mass is 16.3. The van der Waals surface area contributed by atoms with Crippen molar-refractivity contribution in [3.05, 3.63) is 57.1 Å². The molecule has 0 bridgehead atoms. The number of aliphatic hydroxyl groups excluding tert-OH is 3. The van der Waals surface area contributed by atoms with Gasteiger partial charge in [-0.15, -0.1) is 0 Å². The summed E-state index contributed by atoms with van der Waals surface area (Å²) in [5, 5.41) is 43.1. The van der Waals surface area contributed by atoms with E-state index in [1.165, 1.54) is 6.07 Å². The first kappa shape index (κ1) is 18.7. The molecule has 1 fully saturated rings. The smallest absolute Gasteiger partial charge is 0.256 e. The van der Waals surface area contributed by atoms with Crippen molar-refractivity contribution in [1.82, 2.24) is 0 Å². The zero-order valence-corrected chi connectivity index (χ0v) is 16.1. The number of nitrogens with two attached hydrogens (primary N) is 2. The lowest BCUT2D eigenvalue weighted by molar-refractivity contribution is -0.123. The monoisotopic (exact) mass is 410 g/mol. The van der Waals surface area contributed by atoms with Crippen LogP contribution in [0.15, 0.2) is 40.4 Å². The van der Waals surface area contributed by atoms with Crippen molar-refractivity contribution in [2.45, 2.75) is 37.6 Å². The number of phenolic OH excluding ortho intramolecular Hbond substituents is 1. The van der Waals surface area contributed by atoms with Crippen LogP contribution in [0, 0.1) is 11.8 Å². The van der Waals surface area contributed by atoms with E-state index in [2.05, 4.69) is 0 Å². The Labute approximate surface area is 171 Å². The summed E-state index contributed by atoms with van der Waals surface area (Å²) in [5.41, 5.74) is 13.0. The number of aliphatic hydroxyl groups is 3. The topological polar surface area (TPSA) is 167 Å². The van der Waals surface area contributed by atoms with Crippen LogP contribution in [0.2, 0.25) is 0 Å². The van der Waals surface area contributed by atoms with Crippen molar-refractivity contribution in [3.8, 4) is 5.75 Å². The SMILES string of the molecule is NC(=O)C1=C(O)C2=C(O)C3=C(O)c4c(O)ccc(C5CC5)c4CC3C[C@H]2[C@@H](N)C1=O. The van der Waals surface area contributed by atoms with Gasteiger partial charge in [-0.1, -0.05) is 6.07 Å². The number of aromatic hydroxyl groups is 1. The quantitative estimate of drug-likeness (QED) is 0.404. The molecule has 0 heterocycles. The highest BCUT2D eigenvalue weighted by Gasteiger charge is 2.49. The molecule has 3 atom stereocenters. The first-order chi connectivity index (χ1) is 14.2. The number of ketones is 1. The molecule has 1 aromatic carbocycles. The van der Waals surface area contributed by atoms with E-state index in [1.807, 2.05) is 6.07 Å². The summed E-state index contributed by atoms with van der Waals surface area (Å²) in [6.45, 7) is 0. The van der Waals surface area contributed by atoms with Gasteiger partial charge in [0.25, 0.3) is 5.91 Å². The highest BCUT2D eigenvalue weighted by molar-refractivity contribution is 6.22. The molecule has 0 aliphatic heterocycles. The Hall–Kier alpha value is -3.26. The maximum absolute atomic E-state index is 12.5. The third-order valence-corrected chi connectivity index (χ3v) is 6.84. The van der Waals surface area contributed by atoms with Gasteiger partial charge in [-0.25, -0.2) is 0 Å². The molecule has 1 aromatic rings. The van der Waals surface area contributed by atoms with E-state index < -0.39 is 40.7 Å². The number of Topliss-reactive ketones (excluding diaryl/α,β-unsaturated/α-hetero) is 1. The van der Waals surface area contributed by atoms with Gasteiger partial charge in [-0.05, 0) is 54.7 Å². The van der Waals surface area contributed by atoms with Gasteiger partial charge in [0.1, 0.15) is 28.6 Å². The molecule has 8 nitrogen and oxygen atoms in total. The molecule has 1 unspecified atom stereocenters. The highest BCUT2D eigenvalue weighted by Crippen LogP contribution is 2.53. The van der Waals surface area contributed by atoms with E-state index in [1.54, 1.807) is 0 Å². The Balaban J connectivity index is 1.76. The standard InChI is InChI=1S/C22H22N2O6/c23-17-11-6-8-5-10-9(7-1-2-7)3-4-12(25)14(10)18(26)13(8)19(27)15(11)20(28)16(21(17)29)22(24)30/h3-4,7-8,11,17,25-28H,1-2,5-6,23H2,(H2,24,30)/t8?,11-,17-/m1/s1. The summed E-state index contributed by atoms with van der Waals surface area (Å²) < 4.78 is 0. The molecule has 0 saturated heterocycles. The van der Waals surface area contributed by atoms with Crippen molar-refractivity contribution in [3.63, 3.8) is 0 Å². The molecule has 0 radical (unpaired) electrons. The lowest BCUT2D eigenvalue weighted by atomic mass is 9.64. The number of benzene rings is 1. The third kappa shape index (κ3) is 2.37. The fraction of sp³-hybridized carbons (Fsp3) is 0.364. The van der Waals surface area contributed by atoms with Gasteiger partial charge >= 0.3 is 0 Å². The predicted molar refractivity (Wildman–Crippen MR) is 106 cm³/mol. The summed E-state index contributed by atoms with van der Waals surface area (Å²) >= 11 is 0. The second-order valence-corrected chi connectivity index (χ2v) is 8.55. The van der Waals surface area contributed by atoms with E-state index in [4.69, 9.17) is 11.5 Å². The molecule has 4 aliphatic carbocycles. The van der Waals surface area contributed by atoms with Crippen LogP contribution in [0.25, 0.3) is 5.76 Å². The molecule has 8 heteroatoms. The molecular weight excluding hydrogens is 388 g/mol. The second-order valence-electron chi connectivity index (χ2n) is 8.55. The molecule has 30 heavy (non-hydrogen) atoms. The van der Waals surface area contributed by atoms with Crippen molar-refractivity contribution < 1.29 is 30.0 Å². The normalized spacial score (nSPS) is 28.3. The van der Waals surface area contributed by atoms with Crippen molar-refractivity contribution in [2.24, 2.45) is 23.3 Å². The van der Waals surface area contributed by atoms with Gasteiger partial charge in [0, 0.05) is 17.1 Å². The minimum atomic E-state index is -1.14. The van der Waals surface area contributed by atoms with E-state index in [0.717, 1.165) is 24.0 Å². The fourth-order valence-electron chi connectivity index (χ4n) is 5.29. The number of amides is 1. The molecule has 5 rings (SSSR count). The number of primary amides is 1. The average Bonchev–Trinajstić information content (AvgIpc) is 3.50. The molecule has 1 amide bonds. The largest absolute Gasteiger partial charge is 0.507 e. The molecule has 4 aliphatic rings. The van der Waals surface area contributed by atoms with Crippen LogP contribution < -0.4 is 11.5 Å². The van der Waals surface area contributed by atoms with Crippen LogP contribution in [0.5, 0.6) is 5.75 Å². The Morgan fingerprint density at radius 2 is 1.67 bits per heavy atom. The summed E-state index contributed by atoms with van der Waals surface area (Å²) in [5.74, 6) is -4.04. The summed E-state index contributed by atoms with van der Waals surface area (Å²) in [6.07, 6.45) is 2.84. The number of rotatable bonds is 2. The minimum Gasteiger partial charge on any atom is -0.507 e. The van der Waals surface area contributed by atoms with Gasteiger partial charge in [-0.2, -0.15) is 0 Å². The van der Waals surface area contributed by atoms with Crippen molar-refractivity contribution >= 4 is 17.4 Å². The van der Waals surface area contributed by atoms with Gasteiger partial charge < -0.3 is 31.9 Å². The lowest BCUT2D eigenvalue weighted by Gasteiger charge is -2.41. The van der Waals surface area contributed by atoms with Crippen molar-refractivity contribution in [2.75, 3.05) is 0 Å². The van der Waals surface area contributed by atoms with E-state index in [0.29, 0.717) is 18.8 Å². The van der Waals surface area contributed by atoms with Gasteiger partial charge in [-0.3, -0.25) is 9.59 Å².